The molecule has 0 radical (unpaired) electrons. The molecule has 6 heteroatoms. The predicted octanol–water partition coefficient (Wildman–Crippen LogP) is 0.663. The van der Waals surface area contributed by atoms with Gasteiger partial charge in [0, 0.05) is 0 Å². The van der Waals surface area contributed by atoms with E-state index in [-0.39, 0.29) is 18.8 Å². The van der Waals surface area contributed by atoms with Gasteiger partial charge in [-0.15, -0.1) is 0 Å². The van der Waals surface area contributed by atoms with Gasteiger partial charge in [0.2, 0.25) is 0 Å². The van der Waals surface area contributed by atoms with Crippen LogP contribution >= 0.6 is 0 Å². The molecule has 3 saturated carbocycles. The number of carbonyl (C=O) groups is 3. The van der Waals surface area contributed by atoms with Crippen molar-refractivity contribution in [3.63, 3.8) is 0 Å². The van der Waals surface area contributed by atoms with Crippen molar-refractivity contribution in [2.75, 3.05) is 0 Å². The summed E-state index contributed by atoms with van der Waals surface area (Å²) in [4.78, 5) is 33.8. The average molecular weight is 242 g/mol. The quantitative estimate of drug-likeness (QED) is 0.670. The molecular weight excluding hydrogens is 228 g/mol. The summed E-state index contributed by atoms with van der Waals surface area (Å²) < 4.78 is 0. The highest BCUT2D eigenvalue weighted by molar-refractivity contribution is 5.89. The molecule has 3 rings (SSSR count). The minimum Gasteiger partial charge on any atom is -0.481 e. The van der Waals surface area contributed by atoms with E-state index in [0.29, 0.717) is 12.8 Å². The molecular formula is C11H14O6. The third-order valence-electron chi connectivity index (χ3n) is 4.36. The normalized spacial score (nSPS) is 39.9. The van der Waals surface area contributed by atoms with Gasteiger partial charge in [-0.1, -0.05) is 0 Å². The molecule has 2 unspecified atom stereocenters. The van der Waals surface area contributed by atoms with Crippen LogP contribution in [0.4, 0.5) is 0 Å². The maximum absolute atomic E-state index is 11.4. The minimum atomic E-state index is -1.39. The minimum absolute atomic E-state index is 0.199. The Kier molecular flexibility index (Phi) is 2.60. The standard InChI is InChI=1S/C11H14O6/c12-8(13)6-5-1-3-11(4-2-5,10(16)17)7(6)9(14)15/h5-7H,1-4H2,(H,12,13)(H,14,15)(H,16,17). The van der Waals surface area contributed by atoms with Gasteiger partial charge in [-0.2, -0.15) is 0 Å². The molecule has 0 aromatic rings. The summed E-state index contributed by atoms with van der Waals surface area (Å²) in [7, 11) is 0. The molecule has 0 aromatic carbocycles. The van der Waals surface area contributed by atoms with Gasteiger partial charge in [0.05, 0.1) is 17.3 Å². The Balaban J connectivity index is 2.47. The molecule has 17 heavy (non-hydrogen) atoms. The largest absolute Gasteiger partial charge is 0.481 e. The molecule has 0 saturated heterocycles. The fourth-order valence-corrected chi connectivity index (χ4v) is 3.52. The maximum atomic E-state index is 11.4. The van der Waals surface area contributed by atoms with Crippen molar-refractivity contribution in [1.82, 2.24) is 0 Å². The Bertz CT molecular complexity index is 379. The smallest absolute Gasteiger partial charge is 0.310 e. The van der Waals surface area contributed by atoms with Crippen LogP contribution in [0, 0.1) is 23.2 Å². The molecule has 94 valence electrons. The van der Waals surface area contributed by atoms with Crippen molar-refractivity contribution >= 4 is 17.9 Å². The first-order chi connectivity index (χ1) is 7.90. The molecule has 2 bridgehead atoms. The molecule has 0 heterocycles. The lowest BCUT2D eigenvalue weighted by molar-refractivity contribution is -0.187. The predicted molar refractivity (Wildman–Crippen MR) is 54.3 cm³/mol. The Morgan fingerprint density at radius 2 is 1.47 bits per heavy atom. The molecule has 0 amide bonds. The Morgan fingerprint density at radius 3 is 1.82 bits per heavy atom. The van der Waals surface area contributed by atoms with E-state index in [4.69, 9.17) is 10.2 Å². The van der Waals surface area contributed by atoms with Gasteiger partial charge in [-0.3, -0.25) is 14.4 Å². The van der Waals surface area contributed by atoms with Crippen molar-refractivity contribution in [1.29, 1.82) is 0 Å². The molecule has 0 spiro atoms. The van der Waals surface area contributed by atoms with Crippen LogP contribution in [-0.4, -0.2) is 33.2 Å². The summed E-state index contributed by atoms with van der Waals surface area (Å²) in [6, 6.07) is 0. The Hall–Kier alpha value is -1.59. The summed E-state index contributed by atoms with van der Waals surface area (Å²) >= 11 is 0. The van der Waals surface area contributed by atoms with Crippen molar-refractivity contribution in [2.45, 2.75) is 25.7 Å². The summed E-state index contributed by atoms with van der Waals surface area (Å²) in [6.45, 7) is 0. The Labute approximate surface area is 97.2 Å². The summed E-state index contributed by atoms with van der Waals surface area (Å²) in [5.41, 5.74) is -1.39. The average Bonchev–Trinajstić information content (AvgIpc) is 2.28. The van der Waals surface area contributed by atoms with Crippen LogP contribution in [0.25, 0.3) is 0 Å². The molecule has 6 nitrogen and oxygen atoms in total. The zero-order valence-corrected chi connectivity index (χ0v) is 9.13. The van der Waals surface area contributed by atoms with Gasteiger partial charge >= 0.3 is 17.9 Å². The summed E-state index contributed by atoms with van der Waals surface area (Å²) in [5.74, 6) is -6.23. The zero-order valence-electron chi connectivity index (χ0n) is 9.13. The number of hydrogen-bond acceptors (Lipinski definition) is 3. The Morgan fingerprint density at radius 1 is 0.941 bits per heavy atom. The second-order valence-corrected chi connectivity index (χ2v) is 4.98. The molecule has 3 N–H and O–H groups in total. The van der Waals surface area contributed by atoms with E-state index >= 15 is 0 Å². The second-order valence-electron chi connectivity index (χ2n) is 4.98. The van der Waals surface area contributed by atoms with E-state index in [2.05, 4.69) is 0 Å². The van der Waals surface area contributed by atoms with Crippen LogP contribution in [-0.2, 0) is 14.4 Å². The number of hydrogen-bond donors (Lipinski definition) is 3. The van der Waals surface area contributed by atoms with E-state index < -0.39 is 35.2 Å². The van der Waals surface area contributed by atoms with E-state index in [1.165, 1.54) is 0 Å². The second kappa shape index (κ2) is 3.72. The van der Waals surface area contributed by atoms with Crippen LogP contribution in [0.3, 0.4) is 0 Å². The zero-order chi connectivity index (χ0) is 12.8. The molecule has 0 aromatic heterocycles. The van der Waals surface area contributed by atoms with Crippen LogP contribution in [0.5, 0.6) is 0 Å². The van der Waals surface area contributed by atoms with Gasteiger partial charge in [0.1, 0.15) is 0 Å². The SMILES string of the molecule is O=C(O)C1C2CCC(C(=O)O)(CC2)C1C(=O)O. The van der Waals surface area contributed by atoms with E-state index in [9.17, 15) is 19.5 Å². The van der Waals surface area contributed by atoms with Gasteiger partial charge in [-0.05, 0) is 31.6 Å². The first kappa shape index (κ1) is 11.9. The molecule has 3 aliphatic carbocycles. The first-order valence-corrected chi connectivity index (χ1v) is 5.59. The van der Waals surface area contributed by atoms with Crippen LogP contribution in [0.2, 0.25) is 0 Å². The third kappa shape index (κ3) is 1.50. The fraction of sp³-hybridized carbons (Fsp3) is 0.727. The fourth-order valence-electron chi connectivity index (χ4n) is 3.52. The molecule has 0 aliphatic heterocycles. The van der Waals surface area contributed by atoms with Crippen molar-refractivity contribution in [3.8, 4) is 0 Å². The molecule has 3 fully saturated rings. The molecule has 3 aliphatic rings. The lowest BCUT2D eigenvalue weighted by Crippen LogP contribution is -2.57. The number of rotatable bonds is 3. The number of aliphatic carboxylic acids is 3. The number of carboxylic acid groups (broad SMARTS) is 3. The molecule has 2 atom stereocenters. The number of carboxylic acids is 3. The summed E-state index contributed by atoms with van der Waals surface area (Å²) in [6.07, 6.45) is 1.53. The monoisotopic (exact) mass is 242 g/mol. The highest BCUT2D eigenvalue weighted by Gasteiger charge is 2.62. The highest BCUT2D eigenvalue weighted by atomic mass is 16.4. The van der Waals surface area contributed by atoms with Crippen molar-refractivity contribution in [3.05, 3.63) is 0 Å². The van der Waals surface area contributed by atoms with E-state index in [0.717, 1.165) is 0 Å². The van der Waals surface area contributed by atoms with Gasteiger partial charge in [0.25, 0.3) is 0 Å². The first-order valence-electron chi connectivity index (χ1n) is 5.59. The van der Waals surface area contributed by atoms with Gasteiger partial charge in [-0.25, -0.2) is 0 Å². The topological polar surface area (TPSA) is 112 Å². The number of fused-ring (bicyclic) bond motifs is 3. The van der Waals surface area contributed by atoms with Gasteiger partial charge < -0.3 is 15.3 Å². The van der Waals surface area contributed by atoms with Crippen molar-refractivity contribution < 1.29 is 29.7 Å². The summed E-state index contributed by atoms with van der Waals surface area (Å²) in [5, 5.41) is 27.6. The lowest BCUT2D eigenvalue weighted by Gasteiger charge is -2.50. The van der Waals surface area contributed by atoms with Crippen molar-refractivity contribution in [2.24, 2.45) is 23.2 Å². The third-order valence-corrected chi connectivity index (χ3v) is 4.36. The van der Waals surface area contributed by atoms with Crippen LogP contribution < -0.4 is 0 Å². The van der Waals surface area contributed by atoms with E-state index in [1.807, 2.05) is 0 Å². The van der Waals surface area contributed by atoms with Crippen LogP contribution in [0.15, 0.2) is 0 Å². The maximum Gasteiger partial charge on any atom is 0.310 e. The van der Waals surface area contributed by atoms with Crippen LogP contribution in [0.1, 0.15) is 25.7 Å². The highest BCUT2D eigenvalue weighted by Crippen LogP contribution is 2.57. The lowest BCUT2D eigenvalue weighted by atomic mass is 9.50. The van der Waals surface area contributed by atoms with E-state index in [1.54, 1.807) is 0 Å². The van der Waals surface area contributed by atoms with Gasteiger partial charge in [0.15, 0.2) is 0 Å².